The molecule has 0 unspecified atom stereocenters. The summed E-state index contributed by atoms with van der Waals surface area (Å²) < 4.78 is 0.898. The number of benzene rings is 1. The molecule has 0 bridgehead atoms. The van der Waals surface area contributed by atoms with Crippen molar-refractivity contribution >= 4 is 49.9 Å². The van der Waals surface area contributed by atoms with Crippen LogP contribution in [0, 0.1) is 0 Å². The van der Waals surface area contributed by atoms with E-state index in [1.54, 1.807) is 6.20 Å². The molecule has 0 spiro atoms. The lowest BCUT2D eigenvalue weighted by atomic mass is 10.2. The summed E-state index contributed by atoms with van der Waals surface area (Å²) in [6.07, 6.45) is 3.01. The number of nitrogens with one attached hydrogen (secondary N) is 2. The molecule has 0 radical (unpaired) electrons. The second-order valence-electron chi connectivity index (χ2n) is 4.05. The molecule has 5 nitrogen and oxygen atoms in total. The topological polar surface area (TPSA) is 70.7 Å². The quantitative estimate of drug-likeness (QED) is 0.741. The van der Waals surface area contributed by atoms with Gasteiger partial charge in [-0.25, -0.2) is 4.98 Å². The Morgan fingerprint density at radius 2 is 2.15 bits per heavy atom. The van der Waals surface area contributed by atoms with E-state index in [1.807, 2.05) is 24.3 Å². The number of hydrogen-bond acceptors (Lipinski definition) is 4. The van der Waals surface area contributed by atoms with E-state index in [9.17, 15) is 4.79 Å². The first-order chi connectivity index (χ1) is 9.65. The van der Waals surface area contributed by atoms with Crippen LogP contribution in [0.4, 0.5) is 11.5 Å². The van der Waals surface area contributed by atoms with Gasteiger partial charge >= 0.3 is 0 Å². The minimum atomic E-state index is -0.389. The third kappa shape index (κ3) is 2.39. The minimum absolute atomic E-state index is 0.0154. The predicted molar refractivity (Wildman–Crippen MR) is 82.6 cm³/mol. The van der Waals surface area contributed by atoms with Crippen LogP contribution in [0.25, 0.3) is 10.9 Å². The third-order valence-electron chi connectivity index (χ3n) is 2.73. The van der Waals surface area contributed by atoms with Gasteiger partial charge in [0.1, 0.15) is 5.02 Å². The Hall–Kier alpha value is -1.92. The van der Waals surface area contributed by atoms with Crippen LogP contribution >= 0.6 is 27.5 Å². The van der Waals surface area contributed by atoms with Gasteiger partial charge in [-0.2, -0.15) is 0 Å². The van der Waals surface area contributed by atoms with E-state index in [1.165, 1.54) is 6.33 Å². The van der Waals surface area contributed by atoms with Gasteiger partial charge in [-0.05, 0) is 28.1 Å². The molecule has 2 N–H and O–H groups in total. The molecule has 2 aromatic heterocycles. The molecule has 0 saturated carbocycles. The third-order valence-corrected chi connectivity index (χ3v) is 3.51. The molecule has 20 heavy (non-hydrogen) atoms. The summed E-state index contributed by atoms with van der Waals surface area (Å²) in [6, 6.07) is 7.65. The fourth-order valence-electron chi connectivity index (χ4n) is 1.83. The van der Waals surface area contributed by atoms with E-state index in [0.717, 1.165) is 21.1 Å². The molecule has 100 valence electrons. The predicted octanol–water partition coefficient (Wildman–Crippen LogP) is 3.48. The maximum Gasteiger partial charge on any atom is 0.271 e. The van der Waals surface area contributed by atoms with Gasteiger partial charge in [-0.15, -0.1) is 0 Å². The summed E-state index contributed by atoms with van der Waals surface area (Å²) in [7, 11) is 0. The lowest BCUT2D eigenvalue weighted by Crippen LogP contribution is -2.09. The lowest BCUT2D eigenvalue weighted by molar-refractivity contribution is 1.12. The summed E-state index contributed by atoms with van der Waals surface area (Å²) in [5.74, 6) is 0.299. The number of halogens is 2. The molecule has 0 atom stereocenters. The average Bonchev–Trinajstić information content (AvgIpc) is 2.44. The van der Waals surface area contributed by atoms with Gasteiger partial charge in [0.15, 0.2) is 5.82 Å². The van der Waals surface area contributed by atoms with E-state index >= 15 is 0 Å². The van der Waals surface area contributed by atoms with Crippen molar-refractivity contribution < 1.29 is 0 Å². The molecule has 1 aromatic carbocycles. The maximum absolute atomic E-state index is 11.4. The van der Waals surface area contributed by atoms with Crippen LogP contribution in [0.3, 0.4) is 0 Å². The summed E-state index contributed by atoms with van der Waals surface area (Å²) in [6.45, 7) is 0. The molecule has 0 aliphatic heterocycles. The van der Waals surface area contributed by atoms with Crippen molar-refractivity contribution in [2.45, 2.75) is 0 Å². The van der Waals surface area contributed by atoms with E-state index in [2.05, 4.69) is 36.2 Å². The molecule has 0 fully saturated rings. The number of pyridine rings is 1. The van der Waals surface area contributed by atoms with Gasteiger partial charge in [-0.3, -0.25) is 9.78 Å². The molecule has 0 aliphatic rings. The average molecular weight is 352 g/mol. The molecular weight excluding hydrogens is 344 g/mol. The molecule has 3 aromatic rings. The standard InChI is InChI=1S/C13H8BrClN4O/c14-8-4-7-2-1-3-9(11(7)16-5-8)19-12-10(15)13(20)18-6-17-12/h1-6H,(H2,17,18,19,20). The molecule has 0 amide bonds. The Balaban J connectivity index is 2.11. The second kappa shape index (κ2) is 5.22. The number of aromatic amines is 1. The van der Waals surface area contributed by atoms with Gasteiger partial charge in [0.2, 0.25) is 0 Å². The summed E-state index contributed by atoms with van der Waals surface area (Å²) in [4.78, 5) is 22.2. The lowest BCUT2D eigenvalue weighted by Gasteiger charge is -2.09. The number of para-hydroxylation sites is 1. The molecule has 0 saturated heterocycles. The summed E-state index contributed by atoms with van der Waals surface area (Å²) >= 11 is 9.31. The number of rotatable bonds is 2. The number of H-pyrrole nitrogens is 1. The zero-order valence-corrected chi connectivity index (χ0v) is 12.4. The van der Waals surface area contributed by atoms with Crippen LogP contribution in [0.2, 0.25) is 5.02 Å². The SMILES string of the molecule is O=c1[nH]cnc(Nc2cccc3cc(Br)cnc23)c1Cl. The van der Waals surface area contributed by atoms with Crippen molar-refractivity contribution in [1.29, 1.82) is 0 Å². The smallest absolute Gasteiger partial charge is 0.271 e. The Labute approximate surface area is 127 Å². The normalized spacial score (nSPS) is 10.7. The summed E-state index contributed by atoms with van der Waals surface area (Å²) in [5.41, 5.74) is 1.11. The van der Waals surface area contributed by atoms with E-state index in [-0.39, 0.29) is 10.6 Å². The van der Waals surface area contributed by atoms with Gasteiger partial charge in [0.25, 0.3) is 5.56 Å². The molecule has 2 heterocycles. The largest absolute Gasteiger partial charge is 0.337 e. The van der Waals surface area contributed by atoms with Crippen molar-refractivity contribution in [3.63, 3.8) is 0 Å². The Bertz CT molecular complexity index is 849. The highest BCUT2D eigenvalue weighted by Gasteiger charge is 2.08. The van der Waals surface area contributed by atoms with Gasteiger partial charge in [0, 0.05) is 16.1 Å². The first-order valence-electron chi connectivity index (χ1n) is 5.69. The second-order valence-corrected chi connectivity index (χ2v) is 5.34. The molecule has 0 aliphatic carbocycles. The number of aromatic nitrogens is 3. The van der Waals surface area contributed by atoms with Crippen molar-refractivity contribution in [3.05, 3.63) is 56.6 Å². The van der Waals surface area contributed by atoms with E-state index < -0.39 is 0 Å². The van der Waals surface area contributed by atoms with Gasteiger partial charge < -0.3 is 10.3 Å². The van der Waals surface area contributed by atoms with Gasteiger partial charge in [-0.1, -0.05) is 23.7 Å². The summed E-state index contributed by atoms with van der Waals surface area (Å²) in [5, 5.41) is 4.01. The number of hydrogen-bond donors (Lipinski definition) is 2. The Kier molecular flexibility index (Phi) is 3.42. The van der Waals surface area contributed by atoms with Crippen molar-refractivity contribution in [2.75, 3.05) is 5.32 Å². The first-order valence-corrected chi connectivity index (χ1v) is 6.87. The van der Waals surface area contributed by atoms with E-state index in [4.69, 9.17) is 11.6 Å². The first kappa shape index (κ1) is 13.1. The minimum Gasteiger partial charge on any atom is -0.337 e. The molecular formula is C13H8BrClN4O. The Morgan fingerprint density at radius 3 is 3.00 bits per heavy atom. The van der Waals surface area contributed by atoms with Crippen LogP contribution in [0.5, 0.6) is 0 Å². The number of nitrogens with zero attached hydrogens (tertiary/aromatic N) is 2. The van der Waals surface area contributed by atoms with Crippen LogP contribution in [0.15, 0.2) is 46.1 Å². The van der Waals surface area contributed by atoms with Crippen LogP contribution in [0.1, 0.15) is 0 Å². The molecule has 3 rings (SSSR count). The van der Waals surface area contributed by atoms with Crippen molar-refractivity contribution in [1.82, 2.24) is 15.0 Å². The molecule has 7 heteroatoms. The van der Waals surface area contributed by atoms with Crippen molar-refractivity contribution in [3.8, 4) is 0 Å². The van der Waals surface area contributed by atoms with Gasteiger partial charge in [0.05, 0.1) is 17.5 Å². The van der Waals surface area contributed by atoms with E-state index in [0.29, 0.717) is 5.82 Å². The highest BCUT2D eigenvalue weighted by atomic mass is 79.9. The van der Waals surface area contributed by atoms with Crippen molar-refractivity contribution in [2.24, 2.45) is 0 Å². The van der Waals surface area contributed by atoms with Crippen LogP contribution in [-0.2, 0) is 0 Å². The highest BCUT2D eigenvalue weighted by molar-refractivity contribution is 9.10. The maximum atomic E-state index is 11.4. The monoisotopic (exact) mass is 350 g/mol. The fourth-order valence-corrected chi connectivity index (χ4v) is 2.33. The number of anilines is 2. The number of fused-ring (bicyclic) bond motifs is 1. The zero-order valence-electron chi connectivity index (χ0n) is 10.0. The Morgan fingerprint density at radius 1 is 1.30 bits per heavy atom. The van der Waals surface area contributed by atoms with Crippen LogP contribution < -0.4 is 10.9 Å². The zero-order chi connectivity index (χ0) is 14.1. The fraction of sp³-hybridized carbons (Fsp3) is 0. The van der Waals surface area contributed by atoms with Crippen LogP contribution in [-0.4, -0.2) is 15.0 Å². The highest BCUT2D eigenvalue weighted by Crippen LogP contribution is 2.27.